The lowest BCUT2D eigenvalue weighted by molar-refractivity contribution is -0.151. The van der Waals surface area contributed by atoms with E-state index in [1.54, 1.807) is 17.0 Å². The van der Waals surface area contributed by atoms with Gasteiger partial charge in [0.2, 0.25) is 11.8 Å². The molecule has 0 aromatic heterocycles. The number of carbonyl (C=O) groups excluding carboxylic acids is 2. The van der Waals surface area contributed by atoms with Crippen LogP contribution in [0.15, 0.2) is 115 Å². The fraction of sp³-hybridized carbons (Fsp3) is 0.316. The van der Waals surface area contributed by atoms with Gasteiger partial charge in [-0.25, -0.2) is 4.39 Å². The largest absolute Gasteiger partial charge is 0.338 e. The second kappa shape index (κ2) is 14.0. The zero-order chi connectivity index (χ0) is 30.3. The van der Waals surface area contributed by atoms with Crippen molar-refractivity contribution in [2.45, 2.75) is 44.3 Å². The van der Waals surface area contributed by atoms with E-state index in [0.717, 1.165) is 43.5 Å². The predicted octanol–water partition coefficient (Wildman–Crippen LogP) is 6.50. The third-order valence-electron chi connectivity index (χ3n) is 9.16. The van der Waals surface area contributed by atoms with Crippen molar-refractivity contribution in [1.29, 1.82) is 0 Å². The van der Waals surface area contributed by atoms with Crippen molar-refractivity contribution in [3.63, 3.8) is 0 Å². The van der Waals surface area contributed by atoms with Crippen molar-refractivity contribution >= 4 is 11.8 Å². The average Bonchev–Trinajstić information content (AvgIpc) is 3.04. The van der Waals surface area contributed by atoms with Gasteiger partial charge in [-0.05, 0) is 47.2 Å². The zero-order valence-electron chi connectivity index (χ0n) is 25.1. The molecule has 1 saturated heterocycles. The maximum atomic E-state index is 14.5. The summed E-state index contributed by atoms with van der Waals surface area (Å²) in [5, 5.41) is 0. The van der Waals surface area contributed by atoms with Crippen LogP contribution in [0.25, 0.3) is 0 Å². The summed E-state index contributed by atoms with van der Waals surface area (Å²) in [5.74, 6) is -0.360. The molecule has 6 rings (SSSR count). The first-order valence-corrected chi connectivity index (χ1v) is 15.8. The summed E-state index contributed by atoms with van der Waals surface area (Å²) in [6.45, 7) is 2.91. The number of amides is 2. The first-order valence-electron chi connectivity index (χ1n) is 15.8. The van der Waals surface area contributed by atoms with Gasteiger partial charge in [0.15, 0.2) is 0 Å². The Labute approximate surface area is 259 Å². The number of hydrogen-bond acceptors (Lipinski definition) is 3. The minimum atomic E-state index is -0.638. The Morgan fingerprint density at radius 3 is 1.77 bits per heavy atom. The Bertz CT molecular complexity index is 1460. The van der Waals surface area contributed by atoms with Crippen LogP contribution in [0.3, 0.4) is 0 Å². The van der Waals surface area contributed by atoms with Gasteiger partial charge in [0.1, 0.15) is 11.9 Å². The van der Waals surface area contributed by atoms with Crippen LogP contribution >= 0.6 is 0 Å². The average molecular weight is 590 g/mol. The first-order chi connectivity index (χ1) is 21.6. The second-order valence-electron chi connectivity index (χ2n) is 12.0. The van der Waals surface area contributed by atoms with Crippen molar-refractivity contribution in [3.05, 3.63) is 143 Å². The number of halogens is 1. The Balaban J connectivity index is 1.25. The molecule has 1 saturated carbocycles. The topological polar surface area (TPSA) is 43.9 Å². The summed E-state index contributed by atoms with van der Waals surface area (Å²) >= 11 is 0. The molecule has 2 aliphatic rings. The zero-order valence-corrected chi connectivity index (χ0v) is 25.1. The maximum Gasteiger partial charge on any atom is 0.245 e. The van der Waals surface area contributed by atoms with Crippen LogP contribution in [0.4, 0.5) is 4.39 Å². The summed E-state index contributed by atoms with van der Waals surface area (Å²) in [7, 11) is 0. The number of piperazine rings is 1. The van der Waals surface area contributed by atoms with Gasteiger partial charge in [0.05, 0.1) is 6.04 Å². The lowest BCUT2D eigenvalue weighted by atomic mass is 9.83. The molecule has 2 amide bonds. The van der Waals surface area contributed by atoms with Crippen molar-refractivity contribution in [2.24, 2.45) is 5.92 Å². The van der Waals surface area contributed by atoms with Crippen LogP contribution in [-0.4, -0.2) is 58.7 Å². The van der Waals surface area contributed by atoms with E-state index < -0.39 is 6.04 Å². The van der Waals surface area contributed by atoms with Gasteiger partial charge in [-0.2, -0.15) is 0 Å². The number of benzene rings is 4. The molecule has 1 atom stereocenters. The first kappa shape index (κ1) is 29.8. The lowest BCUT2D eigenvalue weighted by Gasteiger charge is -2.43. The summed E-state index contributed by atoms with van der Waals surface area (Å²) < 4.78 is 13.8. The fourth-order valence-corrected chi connectivity index (χ4v) is 6.48. The third-order valence-corrected chi connectivity index (χ3v) is 9.16. The van der Waals surface area contributed by atoms with E-state index in [1.165, 1.54) is 23.3 Å². The highest BCUT2D eigenvalue weighted by molar-refractivity contribution is 5.89. The van der Waals surface area contributed by atoms with Crippen LogP contribution in [0.5, 0.6) is 0 Å². The SMILES string of the molecule is O=C(C(Cc1ccccc1)N(Cc1ccc(F)cc1)C(=O)C1CCC1)N1CCN(C(c2ccccc2)c2ccccc2)CC1. The minimum absolute atomic E-state index is 0.0146. The second-order valence-corrected chi connectivity index (χ2v) is 12.0. The van der Waals surface area contributed by atoms with Crippen molar-refractivity contribution in [3.8, 4) is 0 Å². The molecule has 5 nitrogen and oxygen atoms in total. The molecular weight excluding hydrogens is 549 g/mol. The number of hydrogen-bond donors (Lipinski definition) is 0. The highest BCUT2D eigenvalue weighted by Crippen LogP contribution is 2.32. The molecular formula is C38H40FN3O2. The number of carbonyl (C=O) groups is 2. The van der Waals surface area contributed by atoms with E-state index in [2.05, 4.69) is 53.4 Å². The van der Waals surface area contributed by atoms with E-state index in [1.807, 2.05) is 47.4 Å². The smallest absolute Gasteiger partial charge is 0.245 e. The van der Waals surface area contributed by atoms with E-state index >= 15 is 0 Å². The number of nitrogens with zero attached hydrogens (tertiary/aromatic N) is 3. The molecule has 6 heteroatoms. The number of rotatable bonds is 10. The molecule has 1 aliphatic heterocycles. The molecule has 4 aromatic carbocycles. The Morgan fingerprint density at radius 2 is 1.25 bits per heavy atom. The highest BCUT2D eigenvalue weighted by Gasteiger charge is 2.39. The molecule has 4 aromatic rings. The van der Waals surface area contributed by atoms with Crippen molar-refractivity contribution in [1.82, 2.24) is 14.7 Å². The van der Waals surface area contributed by atoms with Crippen LogP contribution < -0.4 is 0 Å². The lowest BCUT2D eigenvalue weighted by Crippen LogP contribution is -2.57. The molecule has 1 heterocycles. The maximum absolute atomic E-state index is 14.5. The van der Waals surface area contributed by atoms with E-state index in [9.17, 15) is 14.0 Å². The van der Waals surface area contributed by atoms with E-state index in [-0.39, 0.29) is 36.1 Å². The van der Waals surface area contributed by atoms with Crippen molar-refractivity contribution in [2.75, 3.05) is 26.2 Å². The Kier molecular flexibility index (Phi) is 9.47. The minimum Gasteiger partial charge on any atom is -0.338 e. The van der Waals surface area contributed by atoms with Gasteiger partial charge in [-0.15, -0.1) is 0 Å². The Morgan fingerprint density at radius 1 is 0.705 bits per heavy atom. The third kappa shape index (κ3) is 6.92. The van der Waals surface area contributed by atoms with Crippen LogP contribution in [0.2, 0.25) is 0 Å². The monoisotopic (exact) mass is 589 g/mol. The molecule has 226 valence electrons. The standard InChI is InChI=1S/C38H40FN3O2/c39-34-21-19-30(20-22-34)28-42(37(43)33-17-10-18-33)35(27-29-11-4-1-5-12-29)38(44)41-25-23-40(24-26-41)36(31-13-6-2-7-14-31)32-15-8-3-9-16-32/h1-9,11-16,19-22,33,35-36H,10,17-18,23-28H2. The van der Waals surface area contributed by atoms with Gasteiger partial charge >= 0.3 is 0 Å². The van der Waals surface area contributed by atoms with Gasteiger partial charge in [-0.3, -0.25) is 14.5 Å². The Hall–Kier alpha value is -4.29. The van der Waals surface area contributed by atoms with E-state index in [0.29, 0.717) is 19.5 Å². The predicted molar refractivity (Wildman–Crippen MR) is 171 cm³/mol. The molecule has 0 spiro atoms. The summed E-state index contributed by atoms with van der Waals surface area (Å²) in [4.78, 5) is 34.6. The molecule has 44 heavy (non-hydrogen) atoms. The van der Waals surface area contributed by atoms with Crippen LogP contribution in [0, 0.1) is 11.7 Å². The normalized spacial score (nSPS) is 16.4. The molecule has 1 unspecified atom stereocenters. The van der Waals surface area contributed by atoms with E-state index in [4.69, 9.17) is 0 Å². The molecule has 0 bridgehead atoms. The summed E-state index contributed by atoms with van der Waals surface area (Å²) in [6.07, 6.45) is 3.17. The summed E-state index contributed by atoms with van der Waals surface area (Å²) in [5.41, 5.74) is 4.31. The van der Waals surface area contributed by atoms with Crippen LogP contribution in [0.1, 0.15) is 47.6 Å². The van der Waals surface area contributed by atoms with Crippen LogP contribution in [-0.2, 0) is 22.6 Å². The van der Waals surface area contributed by atoms with Gasteiger partial charge in [0, 0.05) is 45.1 Å². The summed E-state index contributed by atoms with van der Waals surface area (Å²) in [6, 6.07) is 36.8. The van der Waals surface area contributed by atoms with Gasteiger partial charge < -0.3 is 9.80 Å². The quantitative estimate of drug-likeness (QED) is 0.212. The fourth-order valence-electron chi connectivity index (χ4n) is 6.48. The van der Waals surface area contributed by atoms with Gasteiger partial charge in [-0.1, -0.05) is 110 Å². The van der Waals surface area contributed by atoms with Gasteiger partial charge in [0.25, 0.3) is 0 Å². The molecule has 2 fully saturated rings. The molecule has 0 radical (unpaired) electrons. The highest BCUT2D eigenvalue weighted by atomic mass is 19.1. The van der Waals surface area contributed by atoms with Crippen molar-refractivity contribution < 1.29 is 14.0 Å². The molecule has 0 N–H and O–H groups in total. The molecule has 1 aliphatic carbocycles.